The molecule has 0 atom stereocenters. The van der Waals surface area contributed by atoms with E-state index in [4.69, 9.17) is 23.8 Å². The lowest BCUT2D eigenvalue weighted by Crippen LogP contribution is -2.30. The van der Waals surface area contributed by atoms with Crippen LogP contribution in [-0.4, -0.2) is 17.4 Å². The lowest BCUT2D eigenvalue weighted by molar-refractivity contribution is 0.989. The van der Waals surface area contributed by atoms with Gasteiger partial charge >= 0.3 is 0 Å². The fourth-order valence-electron chi connectivity index (χ4n) is 2.05. The quantitative estimate of drug-likeness (QED) is 0.545. The molecule has 0 fully saturated rings. The summed E-state index contributed by atoms with van der Waals surface area (Å²) in [5.74, 6) is 1.95. The van der Waals surface area contributed by atoms with Crippen molar-refractivity contribution in [3.05, 3.63) is 64.2 Å². The predicted octanol–water partition coefficient (Wildman–Crippen LogP) is 5.18. The molecule has 0 aliphatic rings. The number of halogens is 1. The third kappa shape index (κ3) is 6.42. The molecule has 122 valence electrons. The van der Waals surface area contributed by atoms with Gasteiger partial charge in [0.15, 0.2) is 5.11 Å². The molecule has 0 radical (unpaired) electrons. The van der Waals surface area contributed by atoms with Gasteiger partial charge in [0.05, 0.1) is 0 Å². The molecule has 0 unspecified atom stereocenters. The summed E-state index contributed by atoms with van der Waals surface area (Å²) in [4.78, 5) is 0. The second-order valence-electron chi connectivity index (χ2n) is 5.36. The molecule has 0 amide bonds. The van der Waals surface area contributed by atoms with Gasteiger partial charge in [0, 0.05) is 28.8 Å². The molecule has 0 saturated heterocycles. The Labute approximate surface area is 153 Å². The zero-order chi connectivity index (χ0) is 16.7. The first kappa shape index (κ1) is 18.1. The summed E-state index contributed by atoms with van der Waals surface area (Å²) in [6.45, 7) is 5.04. The van der Waals surface area contributed by atoms with Crippen molar-refractivity contribution >= 4 is 46.4 Å². The largest absolute Gasteiger partial charge is 0.362 e. The number of benzene rings is 2. The molecule has 2 rings (SSSR count). The molecule has 0 bridgehead atoms. The fourth-order valence-corrected chi connectivity index (χ4v) is 3.29. The van der Waals surface area contributed by atoms with Crippen molar-refractivity contribution in [3.63, 3.8) is 0 Å². The summed E-state index contributed by atoms with van der Waals surface area (Å²) >= 11 is 13.2. The van der Waals surface area contributed by atoms with E-state index in [0.717, 1.165) is 28.8 Å². The number of rotatable bonds is 6. The van der Waals surface area contributed by atoms with Crippen LogP contribution >= 0.6 is 35.6 Å². The van der Waals surface area contributed by atoms with E-state index in [2.05, 4.69) is 42.7 Å². The average Bonchev–Trinajstić information content (AvgIpc) is 2.51. The Hall–Kier alpha value is -1.23. The van der Waals surface area contributed by atoms with Crippen molar-refractivity contribution in [2.75, 3.05) is 17.6 Å². The van der Waals surface area contributed by atoms with Gasteiger partial charge in [0.25, 0.3) is 0 Å². The maximum Gasteiger partial charge on any atom is 0.170 e. The van der Waals surface area contributed by atoms with Crippen LogP contribution in [0.5, 0.6) is 0 Å². The van der Waals surface area contributed by atoms with Crippen molar-refractivity contribution in [3.8, 4) is 0 Å². The second-order valence-corrected chi connectivity index (χ2v) is 7.31. The molecule has 2 aromatic carbocycles. The summed E-state index contributed by atoms with van der Waals surface area (Å²) in [5, 5.41) is 7.91. The molecule has 2 aromatic rings. The number of hydrogen-bond acceptors (Lipinski definition) is 2. The van der Waals surface area contributed by atoms with E-state index in [1.165, 1.54) is 16.7 Å². The maximum atomic E-state index is 5.98. The zero-order valence-electron chi connectivity index (χ0n) is 13.4. The molecule has 0 aromatic heterocycles. The lowest BCUT2D eigenvalue weighted by atomic mass is 10.1. The van der Waals surface area contributed by atoms with Crippen LogP contribution in [0.2, 0.25) is 5.02 Å². The third-order valence-corrected chi connectivity index (χ3v) is 4.97. The Morgan fingerprint density at radius 2 is 1.96 bits per heavy atom. The van der Waals surface area contributed by atoms with Crippen LogP contribution in [0.25, 0.3) is 0 Å². The monoisotopic (exact) mass is 364 g/mol. The minimum Gasteiger partial charge on any atom is -0.362 e. The normalized spacial score (nSPS) is 10.4. The van der Waals surface area contributed by atoms with Gasteiger partial charge in [-0.25, -0.2) is 0 Å². The zero-order valence-corrected chi connectivity index (χ0v) is 15.7. The van der Waals surface area contributed by atoms with Gasteiger partial charge in [-0.05, 0) is 67.0 Å². The van der Waals surface area contributed by atoms with Crippen molar-refractivity contribution in [2.24, 2.45) is 0 Å². The SMILES string of the molecule is Cc1ccc(NC(=S)NCCSCc2cccc(Cl)c2)cc1C. The highest BCUT2D eigenvalue weighted by molar-refractivity contribution is 7.98. The van der Waals surface area contributed by atoms with Crippen LogP contribution in [0.4, 0.5) is 5.69 Å². The van der Waals surface area contributed by atoms with Gasteiger partial charge in [-0.15, -0.1) is 0 Å². The molecule has 0 aliphatic carbocycles. The molecule has 5 heteroatoms. The van der Waals surface area contributed by atoms with Gasteiger partial charge in [-0.3, -0.25) is 0 Å². The highest BCUT2D eigenvalue weighted by Gasteiger charge is 2.00. The first-order valence-electron chi connectivity index (χ1n) is 7.49. The van der Waals surface area contributed by atoms with E-state index in [9.17, 15) is 0 Å². The lowest BCUT2D eigenvalue weighted by Gasteiger charge is -2.11. The van der Waals surface area contributed by atoms with Crippen LogP contribution < -0.4 is 10.6 Å². The van der Waals surface area contributed by atoms with Crippen molar-refractivity contribution in [2.45, 2.75) is 19.6 Å². The fraction of sp³-hybridized carbons (Fsp3) is 0.278. The van der Waals surface area contributed by atoms with Crippen LogP contribution in [0.1, 0.15) is 16.7 Å². The summed E-state index contributed by atoms with van der Waals surface area (Å²) in [5.41, 5.74) is 4.82. The first-order chi connectivity index (χ1) is 11.0. The summed E-state index contributed by atoms with van der Waals surface area (Å²) in [6.07, 6.45) is 0. The molecule has 23 heavy (non-hydrogen) atoms. The topological polar surface area (TPSA) is 24.1 Å². The molecule has 2 N–H and O–H groups in total. The Bertz CT molecular complexity index is 674. The highest BCUT2D eigenvalue weighted by atomic mass is 35.5. The Balaban J connectivity index is 1.65. The van der Waals surface area contributed by atoms with Crippen LogP contribution in [0.15, 0.2) is 42.5 Å². The molecule has 2 nitrogen and oxygen atoms in total. The minimum absolute atomic E-state index is 0.664. The number of nitrogens with one attached hydrogen (secondary N) is 2. The minimum atomic E-state index is 0.664. The Morgan fingerprint density at radius 3 is 2.70 bits per heavy atom. The average molecular weight is 365 g/mol. The van der Waals surface area contributed by atoms with E-state index in [-0.39, 0.29) is 0 Å². The molecule has 0 aliphatic heterocycles. The Kier molecular flexibility index (Phi) is 7.21. The number of hydrogen-bond donors (Lipinski definition) is 2. The van der Waals surface area contributed by atoms with E-state index in [1.807, 2.05) is 36.0 Å². The van der Waals surface area contributed by atoms with Crippen molar-refractivity contribution in [1.82, 2.24) is 5.32 Å². The number of thiocarbonyl (C=S) groups is 1. The van der Waals surface area contributed by atoms with Crippen molar-refractivity contribution < 1.29 is 0 Å². The molecule has 0 spiro atoms. The highest BCUT2D eigenvalue weighted by Crippen LogP contribution is 2.16. The first-order valence-corrected chi connectivity index (χ1v) is 9.43. The van der Waals surface area contributed by atoms with Gasteiger partial charge in [0.1, 0.15) is 0 Å². The number of aryl methyl sites for hydroxylation is 2. The molecule has 0 saturated carbocycles. The molecular formula is C18H21ClN2S2. The van der Waals surface area contributed by atoms with E-state index in [0.29, 0.717) is 5.11 Å². The maximum absolute atomic E-state index is 5.98. The second kappa shape index (κ2) is 9.16. The predicted molar refractivity (Wildman–Crippen MR) is 108 cm³/mol. The van der Waals surface area contributed by atoms with Gasteiger partial charge in [-0.2, -0.15) is 11.8 Å². The standard InChI is InChI=1S/C18H21ClN2S2/c1-13-6-7-17(10-14(13)2)21-18(22)20-8-9-23-12-15-4-3-5-16(19)11-15/h3-7,10-11H,8-9,12H2,1-2H3,(H2,20,21,22). The molecule has 0 heterocycles. The summed E-state index contributed by atoms with van der Waals surface area (Å²) in [7, 11) is 0. The van der Waals surface area contributed by atoms with Gasteiger partial charge in [0.2, 0.25) is 0 Å². The van der Waals surface area contributed by atoms with Crippen molar-refractivity contribution in [1.29, 1.82) is 0 Å². The summed E-state index contributed by atoms with van der Waals surface area (Å²) in [6, 6.07) is 14.2. The van der Waals surface area contributed by atoms with Crippen LogP contribution in [0, 0.1) is 13.8 Å². The van der Waals surface area contributed by atoms with E-state index < -0.39 is 0 Å². The number of thioether (sulfide) groups is 1. The Morgan fingerprint density at radius 1 is 1.13 bits per heavy atom. The van der Waals surface area contributed by atoms with Crippen LogP contribution in [0.3, 0.4) is 0 Å². The van der Waals surface area contributed by atoms with Crippen LogP contribution in [-0.2, 0) is 5.75 Å². The van der Waals surface area contributed by atoms with Gasteiger partial charge in [-0.1, -0.05) is 29.8 Å². The van der Waals surface area contributed by atoms with Gasteiger partial charge < -0.3 is 10.6 Å². The van der Waals surface area contributed by atoms with E-state index >= 15 is 0 Å². The molecular weight excluding hydrogens is 344 g/mol. The van der Waals surface area contributed by atoms with E-state index in [1.54, 1.807) is 0 Å². The summed E-state index contributed by atoms with van der Waals surface area (Å²) < 4.78 is 0. The number of anilines is 1. The third-order valence-electron chi connectivity index (χ3n) is 3.45. The smallest absolute Gasteiger partial charge is 0.170 e.